The summed E-state index contributed by atoms with van der Waals surface area (Å²) in [5.41, 5.74) is 1.40. The molecule has 1 saturated carbocycles. The highest BCUT2D eigenvalue weighted by atomic mass is 32.2. The fourth-order valence-electron chi connectivity index (χ4n) is 2.19. The molecule has 0 saturated heterocycles. The molecule has 0 spiro atoms. The number of imide groups is 1. The second-order valence-corrected chi connectivity index (χ2v) is 8.11. The molecular weight excluding hydrogens is 374 g/mol. The molecule has 1 aromatic carbocycles. The van der Waals surface area contributed by atoms with Crippen molar-refractivity contribution < 1.29 is 27.5 Å². The van der Waals surface area contributed by atoms with Crippen LogP contribution < -0.4 is 15.4 Å². The Bertz CT molecular complexity index is 833. The number of ether oxygens (including phenoxy) is 1. The first kappa shape index (κ1) is 20.8. The molecule has 0 atom stereocenters. The van der Waals surface area contributed by atoms with E-state index >= 15 is 0 Å². The quantitative estimate of drug-likeness (QED) is 0.548. The van der Waals surface area contributed by atoms with Gasteiger partial charge in [0.1, 0.15) is 0 Å². The first-order valence-corrected chi connectivity index (χ1v) is 9.98. The van der Waals surface area contributed by atoms with Gasteiger partial charge in [0, 0.05) is 12.6 Å². The molecule has 10 heteroatoms. The summed E-state index contributed by atoms with van der Waals surface area (Å²) in [5, 5.41) is 4.60. The van der Waals surface area contributed by atoms with E-state index in [1.165, 1.54) is 0 Å². The van der Waals surface area contributed by atoms with Crippen LogP contribution in [-0.4, -0.2) is 45.5 Å². The van der Waals surface area contributed by atoms with Crippen LogP contribution in [0, 0.1) is 13.8 Å². The second-order valence-electron chi connectivity index (χ2n) is 6.37. The Hall–Kier alpha value is -2.46. The van der Waals surface area contributed by atoms with Crippen molar-refractivity contribution in [2.75, 3.05) is 13.2 Å². The molecule has 3 amide bonds. The van der Waals surface area contributed by atoms with Gasteiger partial charge in [0.15, 0.2) is 6.61 Å². The van der Waals surface area contributed by atoms with Gasteiger partial charge < -0.3 is 10.1 Å². The highest BCUT2D eigenvalue weighted by molar-refractivity contribution is 7.89. The van der Waals surface area contributed by atoms with Gasteiger partial charge in [-0.3, -0.25) is 14.9 Å². The minimum atomic E-state index is -3.75. The minimum absolute atomic E-state index is 0.102. The summed E-state index contributed by atoms with van der Waals surface area (Å²) in [5.74, 6) is -1.51. The van der Waals surface area contributed by atoms with E-state index in [1.807, 2.05) is 11.4 Å². The number of hydrogen-bond donors (Lipinski definition) is 3. The molecule has 0 bridgehead atoms. The van der Waals surface area contributed by atoms with Crippen molar-refractivity contribution >= 4 is 27.9 Å². The first-order valence-electron chi connectivity index (χ1n) is 8.50. The zero-order chi connectivity index (χ0) is 20.0. The average molecular weight is 397 g/mol. The van der Waals surface area contributed by atoms with Gasteiger partial charge in [-0.2, -0.15) is 0 Å². The third-order valence-electron chi connectivity index (χ3n) is 3.78. The Balaban J connectivity index is 1.71. The normalized spacial score (nSPS) is 13.7. The number of hydrogen-bond acceptors (Lipinski definition) is 6. The van der Waals surface area contributed by atoms with Crippen molar-refractivity contribution in [2.24, 2.45) is 0 Å². The zero-order valence-corrected chi connectivity index (χ0v) is 16.0. The first-order chi connectivity index (χ1) is 12.7. The van der Waals surface area contributed by atoms with Crippen LogP contribution in [-0.2, 0) is 24.3 Å². The highest BCUT2D eigenvalue weighted by Gasteiger charge is 2.24. The van der Waals surface area contributed by atoms with Crippen molar-refractivity contribution in [1.29, 1.82) is 0 Å². The molecule has 1 aliphatic carbocycles. The van der Waals surface area contributed by atoms with Crippen molar-refractivity contribution in [1.82, 2.24) is 15.4 Å². The number of rotatable bonds is 8. The molecule has 3 N–H and O–H groups in total. The topological polar surface area (TPSA) is 131 Å². The van der Waals surface area contributed by atoms with Crippen LogP contribution >= 0.6 is 0 Å². The van der Waals surface area contributed by atoms with E-state index in [-0.39, 0.29) is 23.9 Å². The van der Waals surface area contributed by atoms with E-state index < -0.39 is 34.5 Å². The molecule has 0 unspecified atom stereocenters. The lowest BCUT2D eigenvalue weighted by Gasteiger charge is -2.10. The summed E-state index contributed by atoms with van der Waals surface area (Å²) in [4.78, 5) is 34.6. The van der Waals surface area contributed by atoms with Crippen molar-refractivity contribution in [3.05, 3.63) is 29.3 Å². The van der Waals surface area contributed by atoms with E-state index in [9.17, 15) is 22.8 Å². The summed E-state index contributed by atoms with van der Waals surface area (Å²) in [6.07, 6.45) is 1.52. The molecule has 2 rings (SSSR count). The van der Waals surface area contributed by atoms with Gasteiger partial charge in [-0.05, 0) is 43.9 Å². The van der Waals surface area contributed by atoms with Crippen LogP contribution in [0.1, 0.15) is 30.4 Å². The van der Waals surface area contributed by atoms with Gasteiger partial charge in [-0.1, -0.05) is 12.1 Å². The molecule has 1 aromatic rings. The molecule has 1 aliphatic rings. The number of benzene rings is 1. The Labute approximate surface area is 157 Å². The van der Waals surface area contributed by atoms with Gasteiger partial charge in [0.05, 0.1) is 11.3 Å². The number of urea groups is 1. The average Bonchev–Trinajstić information content (AvgIpc) is 3.38. The smallest absolute Gasteiger partial charge is 0.321 e. The maximum absolute atomic E-state index is 12.3. The second kappa shape index (κ2) is 8.96. The molecule has 27 heavy (non-hydrogen) atoms. The van der Waals surface area contributed by atoms with Gasteiger partial charge in [-0.25, -0.2) is 17.9 Å². The van der Waals surface area contributed by atoms with Gasteiger partial charge in [0.2, 0.25) is 10.0 Å². The monoisotopic (exact) mass is 397 g/mol. The predicted octanol–water partition coefficient (Wildman–Crippen LogP) is 0.503. The molecular formula is C17H23N3O6S. The number of sulfonamides is 1. The number of amides is 3. The number of nitrogens with one attached hydrogen (secondary N) is 3. The number of carbonyl (C=O) groups is 3. The maximum Gasteiger partial charge on any atom is 0.321 e. The van der Waals surface area contributed by atoms with E-state index in [1.54, 1.807) is 26.0 Å². The van der Waals surface area contributed by atoms with Crippen LogP contribution in [0.15, 0.2) is 23.1 Å². The molecule has 0 radical (unpaired) electrons. The Morgan fingerprint density at radius 1 is 1.19 bits per heavy atom. The number of esters is 1. The zero-order valence-electron chi connectivity index (χ0n) is 15.2. The Morgan fingerprint density at radius 3 is 2.56 bits per heavy atom. The largest absolute Gasteiger partial charge is 0.456 e. The standard InChI is InChI=1S/C17H23N3O6S/c1-11-3-4-12(2)14(9-11)27(24,25)18-8-7-16(22)26-10-15(21)20-17(23)19-13-5-6-13/h3-4,9,13,18H,5-8,10H2,1-2H3,(H2,19,20,21,23). The lowest BCUT2D eigenvalue weighted by Crippen LogP contribution is -2.42. The van der Waals surface area contributed by atoms with E-state index in [4.69, 9.17) is 4.74 Å². The van der Waals surface area contributed by atoms with Crippen LogP contribution in [0.25, 0.3) is 0 Å². The molecule has 9 nitrogen and oxygen atoms in total. The Morgan fingerprint density at radius 2 is 1.89 bits per heavy atom. The summed E-state index contributed by atoms with van der Waals surface area (Å²) >= 11 is 0. The van der Waals surface area contributed by atoms with Crippen LogP contribution in [0.4, 0.5) is 4.79 Å². The van der Waals surface area contributed by atoms with Gasteiger partial charge in [-0.15, -0.1) is 0 Å². The summed E-state index contributed by atoms with van der Waals surface area (Å²) in [6, 6.07) is 4.54. The molecule has 0 heterocycles. The van der Waals surface area contributed by atoms with Crippen LogP contribution in [0.3, 0.4) is 0 Å². The highest BCUT2D eigenvalue weighted by Crippen LogP contribution is 2.18. The summed E-state index contributed by atoms with van der Waals surface area (Å²) in [6.45, 7) is 2.69. The lowest BCUT2D eigenvalue weighted by molar-refractivity contribution is -0.148. The van der Waals surface area contributed by atoms with Crippen molar-refractivity contribution in [3.8, 4) is 0 Å². The molecule has 1 fully saturated rings. The van der Waals surface area contributed by atoms with Crippen molar-refractivity contribution in [3.63, 3.8) is 0 Å². The third-order valence-corrected chi connectivity index (χ3v) is 5.39. The fraction of sp³-hybridized carbons (Fsp3) is 0.471. The summed E-state index contributed by atoms with van der Waals surface area (Å²) < 4.78 is 31.6. The van der Waals surface area contributed by atoms with E-state index in [2.05, 4.69) is 10.0 Å². The van der Waals surface area contributed by atoms with Crippen LogP contribution in [0.2, 0.25) is 0 Å². The van der Waals surface area contributed by atoms with Gasteiger partial charge in [0.25, 0.3) is 5.91 Å². The fourth-order valence-corrected chi connectivity index (χ4v) is 3.55. The summed E-state index contributed by atoms with van der Waals surface area (Å²) in [7, 11) is -3.75. The van der Waals surface area contributed by atoms with E-state index in [0.717, 1.165) is 18.4 Å². The number of carbonyl (C=O) groups excluding carboxylic acids is 3. The van der Waals surface area contributed by atoms with Crippen molar-refractivity contribution in [2.45, 2.75) is 44.0 Å². The molecule has 0 aromatic heterocycles. The minimum Gasteiger partial charge on any atom is -0.456 e. The number of aryl methyl sites for hydroxylation is 2. The third kappa shape index (κ3) is 6.99. The molecule has 148 valence electrons. The van der Waals surface area contributed by atoms with Crippen LogP contribution in [0.5, 0.6) is 0 Å². The SMILES string of the molecule is Cc1ccc(C)c(S(=O)(=O)NCCC(=O)OCC(=O)NC(=O)NC2CC2)c1. The molecule has 0 aliphatic heterocycles. The van der Waals surface area contributed by atoms with E-state index in [0.29, 0.717) is 5.56 Å². The van der Waals surface area contributed by atoms with Gasteiger partial charge >= 0.3 is 12.0 Å². The predicted molar refractivity (Wildman–Crippen MR) is 96.4 cm³/mol. The Kier molecular flexibility index (Phi) is 6.92. The maximum atomic E-state index is 12.3. The lowest BCUT2D eigenvalue weighted by atomic mass is 10.2.